The number of carbonyl (C=O) groups excluding carboxylic acids is 2. The zero-order valence-electron chi connectivity index (χ0n) is 17.1. The predicted molar refractivity (Wildman–Crippen MR) is 111 cm³/mol. The number of benzene rings is 2. The average molecular weight is 426 g/mol. The summed E-state index contributed by atoms with van der Waals surface area (Å²) in [5, 5.41) is 17.9. The lowest BCUT2D eigenvalue weighted by atomic mass is 9.92. The summed E-state index contributed by atoms with van der Waals surface area (Å²) < 4.78 is 17.8. The number of hydrogen-bond donors (Lipinski definition) is 1. The first-order valence-electron chi connectivity index (χ1n) is 10.3. The average Bonchev–Trinajstić information content (AvgIpc) is 3.14. The van der Waals surface area contributed by atoms with Crippen LogP contribution in [0.4, 0.5) is 10.1 Å². The van der Waals surface area contributed by atoms with Crippen LogP contribution in [0.5, 0.6) is 0 Å². The minimum absolute atomic E-state index is 0.124. The zero-order chi connectivity index (χ0) is 22.0. The molecule has 4 rings (SSSR count). The second-order valence-corrected chi connectivity index (χ2v) is 7.94. The van der Waals surface area contributed by atoms with Crippen LogP contribution in [0.2, 0.25) is 0 Å². The fourth-order valence-corrected chi connectivity index (χ4v) is 3.99. The molecule has 162 valence electrons. The van der Waals surface area contributed by atoms with Crippen LogP contribution in [0.3, 0.4) is 0 Å². The number of hydrogen-bond acceptors (Lipinski definition) is 5. The Hall–Kier alpha value is -3.49. The highest BCUT2D eigenvalue weighted by Crippen LogP contribution is 2.24. The Balaban J connectivity index is 1.33. The summed E-state index contributed by atoms with van der Waals surface area (Å²) in [5.74, 6) is -0.367. The maximum Gasteiger partial charge on any atom is 0.254 e. The second kappa shape index (κ2) is 8.71. The summed E-state index contributed by atoms with van der Waals surface area (Å²) in [6.07, 6.45) is 2.80. The molecule has 0 spiro atoms. The Morgan fingerprint density at radius 1 is 1.32 bits per heavy atom. The van der Waals surface area contributed by atoms with Crippen LogP contribution < -0.4 is 10.2 Å². The molecule has 1 unspecified atom stereocenters. The maximum atomic E-state index is 13.2. The van der Waals surface area contributed by atoms with Crippen LogP contribution in [0.15, 0.2) is 41.0 Å². The molecule has 2 amide bonds. The third-order valence-electron chi connectivity index (χ3n) is 5.68. The molecule has 1 saturated heterocycles. The molecule has 1 aliphatic rings. The van der Waals surface area contributed by atoms with Crippen molar-refractivity contribution in [2.45, 2.75) is 32.6 Å². The molecule has 0 aliphatic carbocycles. The molecular formula is C22H23FN4O4. The monoisotopic (exact) mass is 426 g/mol. The summed E-state index contributed by atoms with van der Waals surface area (Å²) in [4.78, 5) is 27.3. The van der Waals surface area contributed by atoms with Gasteiger partial charge in [-0.2, -0.15) is 0 Å². The van der Waals surface area contributed by atoms with Gasteiger partial charge in [0.15, 0.2) is 0 Å². The number of fused-ring (bicyclic) bond motifs is 1. The van der Waals surface area contributed by atoms with E-state index in [0.717, 1.165) is 12.8 Å². The molecule has 1 fully saturated rings. The van der Waals surface area contributed by atoms with Gasteiger partial charge in [0.05, 0.1) is 0 Å². The number of carbonyl (C=O) groups is 2. The summed E-state index contributed by atoms with van der Waals surface area (Å²) in [6, 6.07) is 8.93. The van der Waals surface area contributed by atoms with E-state index in [1.54, 1.807) is 30.0 Å². The number of amides is 2. The van der Waals surface area contributed by atoms with Crippen molar-refractivity contribution in [1.29, 1.82) is 0 Å². The Bertz CT molecular complexity index is 1130. The highest BCUT2D eigenvalue weighted by Gasteiger charge is 2.26. The maximum absolute atomic E-state index is 13.2. The van der Waals surface area contributed by atoms with E-state index in [1.807, 2.05) is 0 Å². The van der Waals surface area contributed by atoms with Crippen molar-refractivity contribution < 1.29 is 23.5 Å². The predicted octanol–water partition coefficient (Wildman–Crippen LogP) is 3.18. The number of anilines is 1. The minimum Gasteiger partial charge on any atom is -0.359 e. The van der Waals surface area contributed by atoms with Crippen LogP contribution >= 0.6 is 0 Å². The van der Waals surface area contributed by atoms with Gasteiger partial charge in [-0.1, -0.05) is 0 Å². The van der Waals surface area contributed by atoms with Crippen molar-refractivity contribution in [3.8, 4) is 0 Å². The zero-order valence-corrected chi connectivity index (χ0v) is 17.1. The van der Waals surface area contributed by atoms with E-state index in [9.17, 15) is 19.2 Å². The number of likely N-dealkylation sites (tertiary alicyclic amines) is 1. The van der Waals surface area contributed by atoms with Gasteiger partial charge in [-0.15, -0.1) is 0 Å². The molecule has 2 heterocycles. The van der Waals surface area contributed by atoms with E-state index in [2.05, 4.69) is 15.1 Å². The van der Waals surface area contributed by atoms with Crippen molar-refractivity contribution in [2.24, 2.45) is 5.92 Å². The number of nitrogens with zero attached hydrogens (tertiary/aromatic N) is 3. The lowest BCUT2D eigenvalue weighted by Crippen LogP contribution is -2.40. The Labute approximate surface area is 178 Å². The summed E-state index contributed by atoms with van der Waals surface area (Å²) in [6.45, 7) is 2.96. The third-order valence-corrected chi connectivity index (χ3v) is 5.68. The van der Waals surface area contributed by atoms with Crippen LogP contribution in [-0.4, -0.2) is 35.0 Å². The van der Waals surface area contributed by atoms with Gasteiger partial charge in [0.2, 0.25) is 16.9 Å². The molecule has 3 aromatic rings. The molecule has 0 saturated carbocycles. The number of nitrogens with one attached hydrogen (secondary N) is 1. The molecule has 2 aromatic carbocycles. The number of piperidine rings is 1. The van der Waals surface area contributed by atoms with Crippen molar-refractivity contribution in [3.63, 3.8) is 0 Å². The molecule has 9 heteroatoms. The third kappa shape index (κ3) is 4.65. The van der Waals surface area contributed by atoms with Gasteiger partial charge < -0.3 is 15.4 Å². The van der Waals surface area contributed by atoms with E-state index >= 15 is 0 Å². The van der Waals surface area contributed by atoms with Crippen LogP contribution in [-0.2, 0) is 4.79 Å². The number of aryl methyl sites for hydroxylation is 1. The second-order valence-electron chi connectivity index (χ2n) is 7.94. The van der Waals surface area contributed by atoms with E-state index in [-0.39, 0.29) is 29.1 Å². The smallest absolute Gasteiger partial charge is 0.254 e. The summed E-state index contributed by atoms with van der Waals surface area (Å²) in [7, 11) is 0. The molecule has 1 aliphatic heterocycles. The first kappa shape index (κ1) is 20.8. The molecule has 8 nitrogen and oxygen atoms in total. The Morgan fingerprint density at radius 3 is 2.97 bits per heavy atom. The largest absolute Gasteiger partial charge is 0.359 e. The van der Waals surface area contributed by atoms with E-state index in [4.69, 9.17) is 0 Å². The van der Waals surface area contributed by atoms with Crippen molar-refractivity contribution in [2.75, 3.05) is 18.4 Å². The quantitative estimate of drug-likeness (QED) is 0.632. The van der Waals surface area contributed by atoms with E-state index < -0.39 is 0 Å². The highest BCUT2D eigenvalue weighted by molar-refractivity contribution is 5.97. The standard InChI is InChI=1S/C22H23FN4O4/c1-14-11-17(23)6-7-18(14)24-21(28)9-4-15-3-2-10-26(13-15)22(29)16-5-8-20-19(12-16)25-31-27(20)30/h5-8,11-12,15H,2-4,9-10,13H2,1H3,(H,24,28). The van der Waals surface area contributed by atoms with Gasteiger partial charge in [-0.25, -0.2) is 4.39 Å². The van der Waals surface area contributed by atoms with Gasteiger partial charge in [0.1, 0.15) is 5.82 Å². The molecule has 1 aromatic heterocycles. The fourth-order valence-electron chi connectivity index (χ4n) is 3.99. The number of halogens is 1. The normalized spacial score (nSPS) is 16.5. The van der Waals surface area contributed by atoms with Gasteiger partial charge in [0.25, 0.3) is 5.91 Å². The summed E-state index contributed by atoms with van der Waals surface area (Å²) >= 11 is 0. The Morgan fingerprint density at radius 2 is 2.16 bits per heavy atom. The highest BCUT2D eigenvalue weighted by atomic mass is 19.1. The summed E-state index contributed by atoms with van der Waals surface area (Å²) in [5.41, 5.74) is 2.34. The molecule has 0 bridgehead atoms. The van der Waals surface area contributed by atoms with Gasteiger partial charge in [-0.05, 0) is 72.9 Å². The topological polar surface area (TPSA) is 102 Å². The van der Waals surface area contributed by atoms with Crippen LogP contribution in [0.1, 0.15) is 41.6 Å². The Kier molecular flexibility index (Phi) is 5.83. The molecule has 0 radical (unpaired) electrons. The van der Waals surface area contributed by atoms with Crippen molar-refractivity contribution in [1.82, 2.24) is 10.1 Å². The number of aromatic nitrogens is 2. The molecule has 1 atom stereocenters. The van der Waals surface area contributed by atoms with Gasteiger partial charge in [-0.3, -0.25) is 14.2 Å². The van der Waals surface area contributed by atoms with Crippen molar-refractivity contribution in [3.05, 3.63) is 58.5 Å². The minimum atomic E-state index is -0.336. The number of rotatable bonds is 5. The molecule has 1 N–H and O–H groups in total. The SMILES string of the molecule is Cc1cc(F)ccc1NC(=O)CCC1CCCN(C(=O)c2ccc3c(c2)no[n+]3[O-])C1. The molecule has 31 heavy (non-hydrogen) atoms. The lowest BCUT2D eigenvalue weighted by Gasteiger charge is -2.32. The van der Waals surface area contributed by atoms with Gasteiger partial charge in [0, 0.05) is 42.0 Å². The fraction of sp³-hybridized carbons (Fsp3) is 0.364. The van der Waals surface area contributed by atoms with E-state index in [0.29, 0.717) is 53.2 Å². The lowest BCUT2D eigenvalue weighted by molar-refractivity contribution is -0.782. The van der Waals surface area contributed by atoms with Crippen LogP contribution in [0, 0.1) is 23.9 Å². The first-order valence-corrected chi connectivity index (χ1v) is 10.3. The van der Waals surface area contributed by atoms with Crippen LogP contribution in [0.25, 0.3) is 11.0 Å². The van der Waals surface area contributed by atoms with E-state index in [1.165, 1.54) is 18.2 Å². The van der Waals surface area contributed by atoms with Crippen molar-refractivity contribution >= 4 is 28.5 Å². The molecular weight excluding hydrogens is 403 g/mol. The van der Waals surface area contributed by atoms with Gasteiger partial charge >= 0.3 is 0 Å². The first-order chi connectivity index (χ1) is 14.9.